The van der Waals surface area contributed by atoms with Crippen LogP contribution in [0.1, 0.15) is 81.7 Å². The van der Waals surface area contributed by atoms with E-state index in [0.29, 0.717) is 22.7 Å². The van der Waals surface area contributed by atoms with Gasteiger partial charge in [0.25, 0.3) is 5.91 Å². The molecule has 8 nitrogen and oxygen atoms in total. The summed E-state index contributed by atoms with van der Waals surface area (Å²) in [5, 5.41) is 17.3. The van der Waals surface area contributed by atoms with Crippen molar-refractivity contribution in [2.24, 2.45) is 0 Å². The van der Waals surface area contributed by atoms with Crippen LogP contribution in [0.15, 0.2) is 66.7 Å². The molecule has 0 radical (unpaired) electrons. The number of anilines is 1. The Morgan fingerprint density at radius 2 is 1.58 bits per heavy atom. The average molecular weight is 636 g/mol. The number of nitrogens with zero attached hydrogens (tertiary/aromatic N) is 1. The normalized spacial score (nSPS) is 12.6. The molecule has 3 aromatic carbocycles. The summed E-state index contributed by atoms with van der Waals surface area (Å²) in [6.45, 7) is 11.1. The summed E-state index contributed by atoms with van der Waals surface area (Å²) < 4.78 is 5.53. The van der Waals surface area contributed by atoms with E-state index in [4.69, 9.17) is 16.3 Å². The van der Waals surface area contributed by atoms with Crippen LogP contribution in [0.25, 0.3) is 0 Å². The number of para-hydroxylation sites is 2. The van der Waals surface area contributed by atoms with Crippen LogP contribution in [0.4, 0.5) is 10.5 Å². The maximum absolute atomic E-state index is 14.7. The Morgan fingerprint density at radius 3 is 2.22 bits per heavy atom. The fraction of sp³-hybridized carbons (Fsp3) is 0.417. The molecule has 2 unspecified atom stereocenters. The minimum atomic E-state index is -1.23. The molecule has 242 valence electrons. The Balaban J connectivity index is 2.14. The van der Waals surface area contributed by atoms with Crippen LogP contribution in [0, 0.1) is 13.8 Å². The molecule has 9 heteroatoms. The van der Waals surface area contributed by atoms with Gasteiger partial charge in [0, 0.05) is 18.5 Å². The molecule has 0 aliphatic heterocycles. The number of benzene rings is 3. The highest BCUT2D eigenvalue weighted by atomic mass is 35.5. The van der Waals surface area contributed by atoms with Gasteiger partial charge in [-0.25, -0.2) is 4.79 Å². The summed E-state index contributed by atoms with van der Waals surface area (Å²) in [5.74, 6) is -1.09. The minimum absolute atomic E-state index is 0.0837. The first kappa shape index (κ1) is 35.4. The fourth-order valence-corrected chi connectivity index (χ4v) is 5.38. The van der Waals surface area contributed by atoms with E-state index in [1.54, 1.807) is 58.0 Å². The van der Waals surface area contributed by atoms with Crippen molar-refractivity contribution in [3.05, 3.63) is 94.0 Å². The fourth-order valence-electron chi connectivity index (χ4n) is 5.11. The van der Waals surface area contributed by atoms with Crippen molar-refractivity contribution in [1.82, 2.24) is 10.2 Å². The predicted octanol–water partition coefficient (Wildman–Crippen LogP) is 7.89. The highest BCUT2D eigenvalue weighted by molar-refractivity contribution is 6.34. The third-order valence-corrected chi connectivity index (χ3v) is 7.72. The summed E-state index contributed by atoms with van der Waals surface area (Å²) >= 11 is 6.49. The van der Waals surface area contributed by atoms with Crippen LogP contribution < -0.4 is 10.6 Å². The van der Waals surface area contributed by atoms with Crippen LogP contribution in [-0.2, 0) is 20.7 Å². The van der Waals surface area contributed by atoms with Gasteiger partial charge in [-0.1, -0.05) is 98.5 Å². The number of rotatable bonds is 13. The molecule has 0 aliphatic carbocycles. The number of ether oxygens (including phenoxy) is 1. The van der Waals surface area contributed by atoms with E-state index >= 15 is 0 Å². The standard InChI is InChI=1S/C36H46ClN3O5/c1-7-8-9-13-22-40(34(43)29(23-26-18-11-10-12-19-26)38-35(44)45-36(4,5)6)31(27-20-14-17-25(3)32(27)41)33(42)39-30-24(2)16-15-21-28(30)37/h10-12,14-21,29,31,41H,7-9,13,22-23H2,1-6H3,(H,38,44)(H,39,42). The quantitative estimate of drug-likeness (QED) is 0.166. The van der Waals surface area contributed by atoms with Crippen molar-refractivity contribution in [1.29, 1.82) is 0 Å². The maximum atomic E-state index is 14.7. The molecule has 0 saturated heterocycles. The number of halogens is 1. The number of phenolic OH excluding ortho intramolecular Hbond substituents is 1. The Labute approximate surface area is 272 Å². The van der Waals surface area contributed by atoms with Gasteiger partial charge in [-0.05, 0) is 63.8 Å². The molecule has 0 heterocycles. The number of amides is 3. The van der Waals surface area contributed by atoms with Gasteiger partial charge in [0.15, 0.2) is 0 Å². The number of phenols is 1. The zero-order valence-corrected chi connectivity index (χ0v) is 27.9. The van der Waals surface area contributed by atoms with Crippen molar-refractivity contribution in [2.45, 2.75) is 91.3 Å². The highest BCUT2D eigenvalue weighted by Crippen LogP contribution is 2.35. The Bertz CT molecular complexity index is 1430. The summed E-state index contributed by atoms with van der Waals surface area (Å²) in [7, 11) is 0. The topological polar surface area (TPSA) is 108 Å². The number of alkyl carbamates (subject to hydrolysis) is 1. The molecule has 3 aromatic rings. The Kier molecular flexibility index (Phi) is 12.9. The molecular formula is C36H46ClN3O5. The predicted molar refractivity (Wildman–Crippen MR) is 180 cm³/mol. The van der Waals surface area contributed by atoms with Gasteiger partial charge in [-0.2, -0.15) is 0 Å². The van der Waals surface area contributed by atoms with Crippen LogP contribution >= 0.6 is 11.6 Å². The molecule has 3 amide bonds. The van der Waals surface area contributed by atoms with Gasteiger partial charge in [-0.3, -0.25) is 9.59 Å². The molecule has 0 spiro atoms. The molecule has 0 aromatic heterocycles. The number of aryl methyl sites for hydroxylation is 2. The second kappa shape index (κ2) is 16.3. The lowest BCUT2D eigenvalue weighted by Gasteiger charge is -2.35. The summed E-state index contributed by atoms with van der Waals surface area (Å²) in [6, 6.07) is 17.5. The van der Waals surface area contributed by atoms with Crippen molar-refractivity contribution < 1.29 is 24.2 Å². The van der Waals surface area contributed by atoms with E-state index in [1.165, 1.54) is 4.90 Å². The van der Waals surface area contributed by atoms with Gasteiger partial charge in [0.05, 0.1) is 10.7 Å². The number of nitrogens with one attached hydrogen (secondary N) is 2. The van der Waals surface area contributed by atoms with E-state index in [-0.39, 0.29) is 24.3 Å². The molecule has 0 aliphatic rings. The second-order valence-electron chi connectivity index (χ2n) is 12.3. The summed E-state index contributed by atoms with van der Waals surface area (Å²) in [6.07, 6.45) is 2.82. The van der Waals surface area contributed by atoms with Crippen molar-refractivity contribution in [3.63, 3.8) is 0 Å². The van der Waals surface area contributed by atoms with Gasteiger partial charge >= 0.3 is 6.09 Å². The van der Waals surface area contributed by atoms with Crippen molar-refractivity contribution >= 4 is 35.2 Å². The largest absolute Gasteiger partial charge is 0.507 e. The molecule has 45 heavy (non-hydrogen) atoms. The van der Waals surface area contributed by atoms with Crippen LogP contribution in [0.3, 0.4) is 0 Å². The van der Waals surface area contributed by atoms with E-state index in [2.05, 4.69) is 17.6 Å². The molecule has 2 atom stereocenters. The lowest BCUT2D eigenvalue weighted by Crippen LogP contribution is -2.53. The lowest BCUT2D eigenvalue weighted by atomic mass is 9.97. The van der Waals surface area contributed by atoms with Gasteiger partial charge in [0.2, 0.25) is 5.91 Å². The first-order valence-electron chi connectivity index (χ1n) is 15.5. The molecule has 0 bridgehead atoms. The molecule has 3 rings (SSSR count). The minimum Gasteiger partial charge on any atom is -0.507 e. The lowest BCUT2D eigenvalue weighted by molar-refractivity contribution is -0.141. The van der Waals surface area contributed by atoms with E-state index < -0.39 is 35.6 Å². The van der Waals surface area contributed by atoms with E-state index in [9.17, 15) is 19.5 Å². The zero-order valence-electron chi connectivity index (χ0n) is 27.2. The third-order valence-electron chi connectivity index (χ3n) is 7.40. The van der Waals surface area contributed by atoms with Crippen LogP contribution in [-0.4, -0.2) is 46.1 Å². The number of unbranched alkanes of at least 4 members (excludes halogenated alkanes) is 3. The summed E-state index contributed by atoms with van der Waals surface area (Å²) in [4.78, 5) is 43.5. The average Bonchev–Trinajstić information content (AvgIpc) is 2.97. The smallest absolute Gasteiger partial charge is 0.408 e. The van der Waals surface area contributed by atoms with Gasteiger partial charge < -0.3 is 25.4 Å². The third kappa shape index (κ3) is 10.2. The Hall–Kier alpha value is -4.04. The van der Waals surface area contributed by atoms with E-state index in [0.717, 1.165) is 30.4 Å². The number of carbonyl (C=O) groups excluding carboxylic acids is 3. The first-order chi connectivity index (χ1) is 21.3. The van der Waals surface area contributed by atoms with Gasteiger partial charge in [0.1, 0.15) is 23.4 Å². The van der Waals surface area contributed by atoms with E-state index in [1.807, 2.05) is 43.3 Å². The van der Waals surface area contributed by atoms with Gasteiger partial charge in [-0.15, -0.1) is 0 Å². The summed E-state index contributed by atoms with van der Waals surface area (Å²) in [5.41, 5.74) is 2.04. The zero-order chi connectivity index (χ0) is 33.1. The number of hydrogen-bond acceptors (Lipinski definition) is 5. The first-order valence-corrected chi connectivity index (χ1v) is 15.9. The number of aromatic hydroxyl groups is 1. The molecule has 0 saturated carbocycles. The highest BCUT2D eigenvalue weighted by Gasteiger charge is 2.38. The van der Waals surface area contributed by atoms with Crippen LogP contribution in [0.5, 0.6) is 5.75 Å². The number of hydrogen-bond donors (Lipinski definition) is 3. The van der Waals surface area contributed by atoms with Crippen molar-refractivity contribution in [2.75, 3.05) is 11.9 Å². The monoisotopic (exact) mass is 635 g/mol. The molecule has 3 N–H and O–H groups in total. The maximum Gasteiger partial charge on any atom is 0.408 e. The van der Waals surface area contributed by atoms with Crippen molar-refractivity contribution in [3.8, 4) is 5.75 Å². The van der Waals surface area contributed by atoms with Crippen LogP contribution in [0.2, 0.25) is 5.02 Å². The molecule has 0 fully saturated rings. The Morgan fingerprint density at radius 1 is 0.911 bits per heavy atom. The number of carbonyl (C=O) groups is 3. The second-order valence-corrected chi connectivity index (χ2v) is 12.7. The molecular weight excluding hydrogens is 590 g/mol. The SMILES string of the molecule is CCCCCCN(C(=O)C(Cc1ccccc1)NC(=O)OC(C)(C)C)C(C(=O)Nc1c(C)cccc1Cl)c1cccc(C)c1O.